The number of hydrogen-bond donors (Lipinski definition) is 3. The average molecular weight is 342 g/mol. The van der Waals surface area contributed by atoms with Crippen molar-refractivity contribution in [3.05, 3.63) is 71.8 Å². The Hall–Kier alpha value is -3.42. The first-order valence-electron chi connectivity index (χ1n) is 7.37. The molecule has 0 aliphatic rings. The van der Waals surface area contributed by atoms with Crippen molar-refractivity contribution in [1.82, 2.24) is 15.0 Å². The first kappa shape index (κ1) is 16.4. The van der Waals surface area contributed by atoms with Gasteiger partial charge in [-0.1, -0.05) is 0 Å². The fourth-order valence-electron chi connectivity index (χ4n) is 2.17. The third kappa shape index (κ3) is 4.11. The van der Waals surface area contributed by atoms with Crippen LogP contribution in [0.2, 0.25) is 0 Å². The second-order valence-corrected chi connectivity index (χ2v) is 5.11. The number of hydrogen-bond acceptors (Lipinski definition) is 6. The number of rotatable bonds is 6. The first-order chi connectivity index (χ1) is 12.2. The average Bonchev–Trinajstić information content (AvgIpc) is 2.63. The van der Waals surface area contributed by atoms with Crippen LogP contribution in [0.3, 0.4) is 0 Å². The summed E-state index contributed by atoms with van der Waals surface area (Å²) < 4.78 is 27.0. The van der Waals surface area contributed by atoms with Crippen molar-refractivity contribution < 1.29 is 10.2 Å². The second kappa shape index (κ2) is 7.43. The van der Waals surface area contributed by atoms with Gasteiger partial charge in [-0.2, -0.15) is 0 Å². The fraction of sp³-hybridized carbons (Fsp3) is 0.0588. The lowest BCUT2D eigenvalue weighted by molar-refractivity contribution is 0.587. The normalized spacial score (nSPS) is 10.3. The lowest BCUT2D eigenvalue weighted by atomic mass is 10.2. The van der Waals surface area contributed by atoms with Gasteiger partial charge in [0.25, 0.3) is 0 Å². The molecule has 0 atom stereocenters. The van der Waals surface area contributed by atoms with Crippen LogP contribution < -0.4 is 10.6 Å². The minimum absolute atomic E-state index is 0. The Morgan fingerprint density at radius 3 is 2.72 bits per heavy atom. The van der Waals surface area contributed by atoms with Crippen molar-refractivity contribution in [3.63, 3.8) is 0 Å². The van der Waals surface area contributed by atoms with Crippen molar-refractivity contribution in [2.24, 2.45) is 0 Å². The molecule has 0 saturated carbocycles. The summed E-state index contributed by atoms with van der Waals surface area (Å²) in [5.41, 5.74) is 1.26. The van der Waals surface area contributed by atoms with Crippen LogP contribution in [0.5, 0.6) is 0 Å². The van der Waals surface area contributed by atoms with Gasteiger partial charge in [-0.3, -0.25) is 4.98 Å². The molecular weight excluding hydrogens is 326 g/mol. The van der Waals surface area contributed by atoms with Gasteiger partial charge in [-0.25, -0.2) is 18.7 Å². The second-order valence-electron chi connectivity index (χ2n) is 5.11. The molecule has 8 heteroatoms. The third-order valence-corrected chi connectivity index (χ3v) is 3.39. The summed E-state index contributed by atoms with van der Waals surface area (Å²) in [4.78, 5) is 12.2. The number of pyridine rings is 1. The topological polar surface area (TPSA) is 86.6 Å². The van der Waals surface area contributed by atoms with Gasteiger partial charge in [0.05, 0.1) is 6.20 Å². The summed E-state index contributed by atoms with van der Waals surface area (Å²) in [6.45, 7) is 0.0685. The number of halogens is 2. The van der Waals surface area contributed by atoms with Crippen molar-refractivity contribution in [1.29, 1.82) is 5.41 Å². The predicted octanol–water partition coefficient (Wildman–Crippen LogP) is 3.75. The van der Waals surface area contributed by atoms with E-state index in [-0.39, 0.29) is 13.5 Å². The fourth-order valence-corrected chi connectivity index (χ4v) is 2.17. The molecule has 2 heterocycles. The molecule has 3 aromatic rings. The highest BCUT2D eigenvalue weighted by Gasteiger charge is 2.08. The molecule has 0 spiro atoms. The monoisotopic (exact) mass is 342 g/mol. The van der Waals surface area contributed by atoms with Gasteiger partial charge in [0.1, 0.15) is 23.3 Å². The van der Waals surface area contributed by atoms with Gasteiger partial charge >= 0.3 is 0 Å². The molecule has 0 bridgehead atoms. The van der Waals surface area contributed by atoms with E-state index in [9.17, 15) is 8.78 Å². The lowest BCUT2D eigenvalue weighted by Crippen LogP contribution is -2.06. The minimum atomic E-state index is -0.509. The summed E-state index contributed by atoms with van der Waals surface area (Å²) in [6, 6.07) is 4.94. The molecule has 2 aromatic heterocycles. The molecular formula is C17H16F2N6. The van der Waals surface area contributed by atoms with Gasteiger partial charge in [-0.05, 0) is 18.2 Å². The molecule has 3 N–H and O–H groups in total. The Balaban J connectivity index is 0.00000243. The van der Waals surface area contributed by atoms with E-state index < -0.39 is 11.6 Å². The molecule has 3 rings (SSSR count). The molecule has 0 aliphatic heterocycles. The van der Waals surface area contributed by atoms with E-state index in [1.807, 2.05) is 0 Å². The Labute approximate surface area is 144 Å². The first-order valence-corrected chi connectivity index (χ1v) is 7.37. The smallest absolute Gasteiger partial charge is 0.150 e. The zero-order valence-corrected chi connectivity index (χ0v) is 13.0. The number of nitrogens with one attached hydrogen (secondary N) is 3. The molecule has 0 unspecified atom stereocenters. The number of anilines is 3. The van der Waals surface area contributed by atoms with Crippen LogP contribution >= 0.6 is 0 Å². The standard InChI is InChI=1S/C17H14F2N6.H2/c18-13-1-2-14(19)11(5-13)8-23-15-6-16(24-9-12(15)7-20)25-17-10-21-3-4-22-17;/h1-7,9-10,20H,8H2,(H2,22,23,24,25);1H. The van der Waals surface area contributed by atoms with Gasteiger partial charge < -0.3 is 16.0 Å². The molecule has 6 nitrogen and oxygen atoms in total. The molecule has 128 valence electrons. The Morgan fingerprint density at radius 2 is 1.96 bits per heavy atom. The van der Waals surface area contributed by atoms with Crippen LogP contribution in [0.1, 0.15) is 12.6 Å². The highest BCUT2D eigenvalue weighted by Crippen LogP contribution is 2.21. The van der Waals surface area contributed by atoms with E-state index in [4.69, 9.17) is 5.41 Å². The largest absolute Gasteiger partial charge is 0.380 e. The molecule has 1 aromatic carbocycles. The Morgan fingerprint density at radius 1 is 1.08 bits per heavy atom. The van der Waals surface area contributed by atoms with E-state index in [1.54, 1.807) is 24.7 Å². The number of aromatic nitrogens is 3. The third-order valence-electron chi connectivity index (χ3n) is 3.39. The Kier molecular flexibility index (Phi) is 4.89. The van der Waals surface area contributed by atoms with E-state index in [2.05, 4.69) is 25.6 Å². The summed E-state index contributed by atoms with van der Waals surface area (Å²) in [5, 5.41) is 13.4. The zero-order chi connectivity index (χ0) is 17.6. The Bertz CT molecular complexity index is 892. The van der Waals surface area contributed by atoms with Gasteiger partial charge in [0.2, 0.25) is 0 Å². The minimum Gasteiger partial charge on any atom is -0.380 e. The van der Waals surface area contributed by atoms with Gasteiger partial charge in [0, 0.05) is 55.7 Å². The van der Waals surface area contributed by atoms with E-state index in [0.717, 1.165) is 24.4 Å². The van der Waals surface area contributed by atoms with Crippen LogP contribution in [-0.4, -0.2) is 21.2 Å². The maximum Gasteiger partial charge on any atom is 0.150 e. The van der Waals surface area contributed by atoms with Crippen LogP contribution in [0, 0.1) is 17.0 Å². The summed E-state index contributed by atoms with van der Waals surface area (Å²) in [5.74, 6) is -0.0180. The van der Waals surface area contributed by atoms with Crippen LogP contribution in [0.15, 0.2) is 49.1 Å². The summed E-state index contributed by atoms with van der Waals surface area (Å²) in [7, 11) is 0. The lowest BCUT2D eigenvalue weighted by Gasteiger charge is -2.12. The SMILES string of the molecule is N=Cc1cnc(Nc2cnccn2)cc1NCc1cc(F)ccc1F.[HH]. The summed E-state index contributed by atoms with van der Waals surface area (Å²) in [6.07, 6.45) is 7.26. The molecule has 25 heavy (non-hydrogen) atoms. The number of nitrogens with zero attached hydrogens (tertiary/aromatic N) is 3. The van der Waals surface area contributed by atoms with Gasteiger partial charge in [0.15, 0.2) is 0 Å². The van der Waals surface area contributed by atoms with Crippen molar-refractivity contribution >= 4 is 23.5 Å². The summed E-state index contributed by atoms with van der Waals surface area (Å²) >= 11 is 0. The van der Waals surface area contributed by atoms with Crippen molar-refractivity contribution in [2.75, 3.05) is 10.6 Å². The zero-order valence-electron chi connectivity index (χ0n) is 13.0. The van der Waals surface area contributed by atoms with E-state index in [1.165, 1.54) is 6.20 Å². The highest BCUT2D eigenvalue weighted by molar-refractivity contribution is 5.86. The highest BCUT2D eigenvalue weighted by atomic mass is 19.1. The van der Waals surface area contributed by atoms with Crippen LogP contribution in [0.25, 0.3) is 0 Å². The van der Waals surface area contributed by atoms with Crippen LogP contribution in [-0.2, 0) is 6.54 Å². The quantitative estimate of drug-likeness (QED) is 0.594. The number of benzene rings is 1. The molecule has 0 fully saturated rings. The maximum absolute atomic E-state index is 13.7. The maximum atomic E-state index is 13.7. The molecule has 0 amide bonds. The molecule has 0 saturated heterocycles. The van der Waals surface area contributed by atoms with Gasteiger partial charge in [-0.15, -0.1) is 0 Å². The van der Waals surface area contributed by atoms with Crippen LogP contribution in [0.4, 0.5) is 26.1 Å². The molecule has 0 aliphatic carbocycles. The van der Waals surface area contributed by atoms with E-state index in [0.29, 0.717) is 22.9 Å². The van der Waals surface area contributed by atoms with Crippen molar-refractivity contribution in [2.45, 2.75) is 6.54 Å². The van der Waals surface area contributed by atoms with E-state index >= 15 is 0 Å². The predicted molar refractivity (Wildman–Crippen MR) is 93.2 cm³/mol. The van der Waals surface area contributed by atoms with Crippen molar-refractivity contribution in [3.8, 4) is 0 Å². The molecule has 0 radical (unpaired) electrons.